The third-order valence-electron chi connectivity index (χ3n) is 3.36. The maximum absolute atomic E-state index is 5.49. The molecule has 0 atom stereocenters. The molecule has 0 aromatic carbocycles. The standard InChI is InChI=1S/C13H28N2OS/c14-10-6-1-2-7-11-17-15-16-12-13-8-4-3-5-9-13/h13,15H,1-12,14H2. The lowest BCUT2D eigenvalue weighted by molar-refractivity contribution is 0.0577. The van der Waals surface area contributed by atoms with Gasteiger partial charge in [-0.15, -0.1) is 4.89 Å². The van der Waals surface area contributed by atoms with Crippen molar-refractivity contribution >= 4 is 11.9 Å². The van der Waals surface area contributed by atoms with Gasteiger partial charge in [-0.2, -0.15) is 0 Å². The highest BCUT2D eigenvalue weighted by Gasteiger charge is 2.13. The van der Waals surface area contributed by atoms with Gasteiger partial charge in [0.25, 0.3) is 0 Å². The minimum atomic E-state index is 0.793. The van der Waals surface area contributed by atoms with Crippen LogP contribution in [0.25, 0.3) is 0 Å². The van der Waals surface area contributed by atoms with E-state index in [-0.39, 0.29) is 0 Å². The fourth-order valence-electron chi connectivity index (χ4n) is 2.26. The molecule has 0 amide bonds. The zero-order valence-corrected chi connectivity index (χ0v) is 11.8. The van der Waals surface area contributed by atoms with Crippen molar-refractivity contribution in [2.24, 2.45) is 11.7 Å². The highest BCUT2D eigenvalue weighted by atomic mass is 32.2. The first kappa shape index (κ1) is 15.3. The SMILES string of the molecule is NCCCCCCSNOCC1CCCCC1. The lowest BCUT2D eigenvalue weighted by Gasteiger charge is -2.20. The van der Waals surface area contributed by atoms with Gasteiger partial charge >= 0.3 is 0 Å². The van der Waals surface area contributed by atoms with E-state index in [1.54, 1.807) is 11.9 Å². The van der Waals surface area contributed by atoms with Crippen LogP contribution in [-0.4, -0.2) is 18.9 Å². The molecule has 4 heteroatoms. The van der Waals surface area contributed by atoms with Crippen LogP contribution in [0.2, 0.25) is 0 Å². The molecule has 1 aliphatic carbocycles. The molecule has 1 aliphatic rings. The summed E-state index contributed by atoms with van der Waals surface area (Å²) >= 11 is 1.70. The van der Waals surface area contributed by atoms with E-state index >= 15 is 0 Å². The summed E-state index contributed by atoms with van der Waals surface area (Å²) in [5, 5.41) is 0. The molecule has 0 aliphatic heterocycles. The number of unbranched alkanes of at least 4 members (excludes halogenated alkanes) is 3. The first-order valence-electron chi connectivity index (χ1n) is 7.12. The van der Waals surface area contributed by atoms with Gasteiger partial charge < -0.3 is 5.73 Å². The highest BCUT2D eigenvalue weighted by molar-refractivity contribution is 7.97. The second-order valence-corrected chi connectivity index (χ2v) is 5.81. The van der Waals surface area contributed by atoms with Crippen LogP contribution in [0.15, 0.2) is 0 Å². The summed E-state index contributed by atoms with van der Waals surface area (Å²) in [5.41, 5.74) is 5.44. The minimum Gasteiger partial charge on any atom is -0.330 e. The molecule has 0 spiro atoms. The molecule has 3 nitrogen and oxygen atoms in total. The predicted octanol–water partition coefficient (Wildman–Crippen LogP) is 3.26. The zero-order chi connectivity index (χ0) is 12.2. The lowest BCUT2D eigenvalue weighted by atomic mass is 9.90. The Morgan fingerprint density at radius 1 is 1.06 bits per heavy atom. The second-order valence-electron chi connectivity index (χ2n) is 4.95. The van der Waals surface area contributed by atoms with Crippen molar-refractivity contribution in [2.75, 3.05) is 18.9 Å². The minimum absolute atomic E-state index is 0.793. The Hall–Kier alpha value is 0.230. The Morgan fingerprint density at radius 2 is 1.82 bits per heavy atom. The van der Waals surface area contributed by atoms with Crippen molar-refractivity contribution in [3.05, 3.63) is 0 Å². The zero-order valence-electron chi connectivity index (χ0n) is 11.0. The van der Waals surface area contributed by atoms with Gasteiger partial charge in [0.05, 0.1) is 6.61 Å². The van der Waals surface area contributed by atoms with Crippen molar-refractivity contribution in [3.8, 4) is 0 Å². The van der Waals surface area contributed by atoms with Gasteiger partial charge in [-0.05, 0) is 38.1 Å². The topological polar surface area (TPSA) is 47.3 Å². The van der Waals surface area contributed by atoms with E-state index in [4.69, 9.17) is 10.6 Å². The summed E-state index contributed by atoms with van der Waals surface area (Å²) in [6.45, 7) is 1.72. The van der Waals surface area contributed by atoms with Crippen molar-refractivity contribution in [1.82, 2.24) is 4.89 Å². The quantitative estimate of drug-likeness (QED) is 0.359. The van der Waals surface area contributed by atoms with Crippen molar-refractivity contribution in [2.45, 2.75) is 57.8 Å². The van der Waals surface area contributed by atoms with Crippen LogP contribution in [0.4, 0.5) is 0 Å². The first-order valence-corrected chi connectivity index (χ1v) is 8.10. The van der Waals surface area contributed by atoms with Gasteiger partial charge in [0, 0.05) is 5.75 Å². The van der Waals surface area contributed by atoms with E-state index < -0.39 is 0 Å². The molecule has 1 saturated carbocycles. The number of hydrogen-bond acceptors (Lipinski definition) is 4. The molecular weight excluding hydrogens is 232 g/mol. The maximum atomic E-state index is 5.49. The van der Waals surface area contributed by atoms with E-state index in [0.29, 0.717) is 0 Å². The summed E-state index contributed by atoms with van der Waals surface area (Å²) in [7, 11) is 0. The summed E-state index contributed by atoms with van der Waals surface area (Å²) in [4.78, 5) is 8.51. The average Bonchev–Trinajstić information content (AvgIpc) is 2.38. The fourth-order valence-corrected chi connectivity index (χ4v) is 2.84. The fraction of sp³-hybridized carbons (Fsp3) is 1.00. The van der Waals surface area contributed by atoms with Crippen LogP contribution in [0.3, 0.4) is 0 Å². The smallest absolute Gasteiger partial charge is 0.0721 e. The van der Waals surface area contributed by atoms with Gasteiger partial charge in [-0.25, -0.2) is 0 Å². The Kier molecular flexibility index (Phi) is 10.2. The predicted molar refractivity (Wildman–Crippen MR) is 75.6 cm³/mol. The van der Waals surface area contributed by atoms with Crippen molar-refractivity contribution in [3.63, 3.8) is 0 Å². The van der Waals surface area contributed by atoms with Crippen LogP contribution in [0.1, 0.15) is 57.8 Å². The number of nitrogens with two attached hydrogens (primary N) is 1. The van der Waals surface area contributed by atoms with E-state index in [0.717, 1.165) is 31.2 Å². The highest BCUT2D eigenvalue weighted by Crippen LogP contribution is 2.23. The summed E-state index contributed by atoms with van der Waals surface area (Å²) in [6, 6.07) is 0. The molecule has 0 aromatic heterocycles. The van der Waals surface area contributed by atoms with Crippen LogP contribution < -0.4 is 10.6 Å². The van der Waals surface area contributed by atoms with Gasteiger partial charge in [0.2, 0.25) is 0 Å². The molecule has 0 aromatic rings. The molecule has 0 bridgehead atoms. The Morgan fingerprint density at radius 3 is 2.59 bits per heavy atom. The largest absolute Gasteiger partial charge is 0.330 e. The second kappa shape index (κ2) is 11.3. The van der Waals surface area contributed by atoms with Crippen molar-refractivity contribution < 1.29 is 4.84 Å². The monoisotopic (exact) mass is 260 g/mol. The van der Waals surface area contributed by atoms with Crippen LogP contribution in [0, 0.1) is 5.92 Å². The normalized spacial score (nSPS) is 17.5. The molecule has 1 fully saturated rings. The Bertz CT molecular complexity index is 163. The van der Waals surface area contributed by atoms with E-state index in [1.807, 2.05) is 0 Å². The van der Waals surface area contributed by atoms with E-state index in [2.05, 4.69) is 4.89 Å². The Balaban J connectivity index is 1.75. The molecule has 0 saturated heterocycles. The molecule has 102 valence electrons. The molecule has 0 radical (unpaired) electrons. The van der Waals surface area contributed by atoms with E-state index in [9.17, 15) is 0 Å². The lowest BCUT2D eigenvalue weighted by Crippen LogP contribution is -2.17. The third kappa shape index (κ3) is 8.89. The molecule has 17 heavy (non-hydrogen) atoms. The third-order valence-corrected chi connectivity index (χ3v) is 4.09. The van der Waals surface area contributed by atoms with Gasteiger partial charge in [0.15, 0.2) is 0 Å². The maximum Gasteiger partial charge on any atom is 0.0721 e. The first-order chi connectivity index (χ1) is 8.43. The van der Waals surface area contributed by atoms with Crippen LogP contribution in [0.5, 0.6) is 0 Å². The summed E-state index contributed by atoms with van der Waals surface area (Å²) < 4.78 is 0. The van der Waals surface area contributed by atoms with Gasteiger partial charge in [0.1, 0.15) is 0 Å². The van der Waals surface area contributed by atoms with Crippen LogP contribution in [-0.2, 0) is 4.84 Å². The molecule has 1 rings (SSSR count). The van der Waals surface area contributed by atoms with Crippen molar-refractivity contribution in [1.29, 1.82) is 0 Å². The van der Waals surface area contributed by atoms with E-state index in [1.165, 1.54) is 51.4 Å². The number of nitrogens with one attached hydrogen (secondary N) is 1. The molecule has 0 unspecified atom stereocenters. The van der Waals surface area contributed by atoms with Crippen LogP contribution >= 0.6 is 11.9 Å². The summed E-state index contributed by atoms with van der Waals surface area (Å²) in [5.74, 6) is 1.93. The average molecular weight is 260 g/mol. The number of hydrogen-bond donors (Lipinski definition) is 2. The molecule has 3 N–H and O–H groups in total. The summed E-state index contributed by atoms with van der Waals surface area (Å²) in [6.07, 6.45) is 11.9. The van der Waals surface area contributed by atoms with Gasteiger partial charge in [-0.1, -0.05) is 44.1 Å². The molecule has 0 heterocycles. The Labute approximate surface area is 110 Å². The van der Waals surface area contributed by atoms with Gasteiger partial charge in [-0.3, -0.25) is 4.84 Å². The number of rotatable bonds is 10. The molecular formula is C13H28N2OS.